The zero-order chi connectivity index (χ0) is 16.2. The number of rotatable bonds is 5. The summed E-state index contributed by atoms with van der Waals surface area (Å²) < 4.78 is 0. The summed E-state index contributed by atoms with van der Waals surface area (Å²) in [6, 6.07) is 12.0. The number of H-pyrrole nitrogens is 1. The van der Waals surface area contributed by atoms with Crippen LogP contribution in [0.4, 0.5) is 0 Å². The highest BCUT2D eigenvalue weighted by atomic mass is 16.1. The predicted octanol–water partition coefficient (Wildman–Crippen LogP) is 3.62. The minimum atomic E-state index is -0.0847. The number of nitrogens with zero attached hydrogens (tertiary/aromatic N) is 1. The molecule has 4 nitrogen and oxygen atoms in total. The van der Waals surface area contributed by atoms with Crippen molar-refractivity contribution in [1.82, 2.24) is 15.3 Å². The van der Waals surface area contributed by atoms with Gasteiger partial charge in [-0.3, -0.25) is 9.78 Å². The molecule has 3 aromatic rings. The summed E-state index contributed by atoms with van der Waals surface area (Å²) in [7, 11) is 0. The summed E-state index contributed by atoms with van der Waals surface area (Å²) in [4.78, 5) is 19.7. The van der Waals surface area contributed by atoms with Crippen molar-refractivity contribution in [3.63, 3.8) is 0 Å². The molecule has 1 amide bonds. The Balaban J connectivity index is 1.66. The van der Waals surface area contributed by atoms with Gasteiger partial charge in [-0.1, -0.05) is 25.1 Å². The average Bonchev–Trinajstić information content (AvgIpc) is 2.98. The lowest BCUT2D eigenvalue weighted by Crippen LogP contribution is -2.32. The third-order valence-corrected chi connectivity index (χ3v) is 4.21. The molecule has 2 heterocycles. The van der Waals surface area contributed by atoms with Crippen LogP contribution in [0.3, 0.4) is 0 Å². The van der Waals surface area contributed by atoms with Crippen LogP contribution in [-0.4, -0.2) is 15.9 Å². The fourth-order valence-electron chi connectivity index (χ4n) is 2.81. The van der Waals surface area contributed by atoms with Gasteiger partial charge in [-0.25, -0.2) is 0 Å². The first-order valence-corrected chi connectivity index (χ1v) is 7.90. The Morgan fingerprint density at radius 1 is 1.17 bits per heavy atom. The van der Waals surface area contributed by atoms with Gasteiger partial charge in [0.25, 0.3) is 0 Å². The van der Waals surface area contributed by atoms with Gasteiger partial charge in [0, 0.05) is 35.4 Å². The van der Waals surface area contributed by atoms with Crippen molar-refractivity contribution >= 4 is 16.8 Å². The molecule has 4 heteroatoms. The molecule has 0 saturated heterocycles. The quantitative estimate of drug-likeness (QED) is 0.756. The van der Waals surface area contributed by atoms with Crippen LogP contribution in [0.15, 0.2) is 55.0 Å². The van der Waals surface area contributed by atoms with E-state index in [9.17, 15) is 4.79 Å². The molecule has 0 fully saturated rings. The normalized spacial score (nSPS) is 13.7. The summed E-state index contributed by atoms with van der Waals surface area (Å²) in [5.41, 5.74) is 3.35. The van der Waals surface area contributed by atoms with E-state index in [2.05, 4.69) is 27.4 Å². The van der Waals surface area contributed by atoms with Crippen LogP contribution in [0, 0.1) is 5.92 Å². The molecule has 1 aromatic carbocycles. The van der Waals surface area contributed by atoms with Crippen LogP contribution in [-0.2, 0) is 11.2 Å². The predicted molar refractivity (Wildman–Crippen MR) is 92.0 cm³/mol. The molecule has 0 spiro atoms. The number of hydrogen-bond acceptors (Lipinski definition) is 2. The number of carbonyl (C=O) groups excluding carboxylic acids is 1. The second kappa shape index (κ2) is 6.65. The standard InChI is InChI=1S/C19H21N3O/c1-13(11-16-12-21-18-6-4-3-5-17(16)18)19(23)22-14(2)15-7-9-20-10-8-15/h3-10,12-14,21H,11H2,1-2H3,(H,22,23). The molecular formula is C19H21N3O. The van der Waals surface area contributed by atoms with E-state index in [4.69, 9.17) is 0 Å². The van der Waals surface area contributed by atoms with Crippen LogP contribution in [0.1, 0.15) is 31.0 Å². The fraction of sp³-hybridized carbons (Fsp3) is 0.263. The summed E-state index contributed by atoms with van der Waals surface area (Å²) in [6.45, 7) is 3.96. The van der Waals surface area contributed by atoms with E-state index in [1.165, 1.54) is 10.9 Å². The Morgan fingerprint density at radius 3 is 2.70 bits per heavy atom. The third kappa shape index (κ3) is 3.42. The first-order chi connectivity index (χ1) is 11.1. The minimum Gasteiger partial charge on any atom is -0.361 e. The average molecular weight is 307 g/mol. The minimum absolute atomic E-state index is 0.0177. The number of hydrogen-bond donors (Lipinski definition) is 2. The molecule has 2 N–H and O–H groups in total. The lowest BCUT2D eigenvalue weighted by atomic mass is 9.99. The number of carbonyl (C=O) groups is 1. The maximum Gasteiger partial charge on any atom is 0.223 e. The number of fused-ring (bicyclic) bond motifs is 1. The van der Waals surface area contributed by atoms with E-state index in [0.717, 1.165) is 17.5 Å². The van der Waals surface area contributed by atoms with Gasteiger partial charge in [-0.2, -0.15) is 0 Å². The van der Waals surface area contributed by atoms with Gasteiger partial charge in [0.2, 0.25) is 5.91 Å². The van der Waals surface area contributed by atoms with Crippen molar-refractivity contribution < 1.29 is 4.79 Å². The van der Waals surface area contributed by atoms with Crippen LogP contribution >= 0.6 is 0 Å². The zero-order valence-electron chi connectivity index (χ0n) is 13.4. The maximum atomic E-state index is 12.5. The molecule has 0 bridgehead atoms. The SMILES string of the molecule is CC(Cc1c[nH]c2ccccc12)C(=O)NC(C)c1ccncc1. The molecule has 2 aromatic heterocycles. The second-order valence-electron chi connectivity index (χ2n) is 5.98. The molecule has 2 unspecified atom stereocenters. The lowest BCUT2D eigenvalue weighted by Gasteiger charge is -2.17. The topological polar surface area (TPSA) is 57.8 Å². The van der Waals surface area contributed by atoms with Crippen molar-refractivity contribution in [3.05, 3.63) is 66.1 Å². The molecule has 0 aliphatic heterocycles. The fourth-order valence-corrected chi connectivity index (χ4v) is 2.81. The monoisotopic (exact) mass is 307 g/mol. The zero-order valence-corrected chi connectivity index (χ0v) is 13.4. The smallest absolute Gasteiger partial charge is 0.223 e. The molecule has 0 aliphatic carbocycles. The Bertz CT molecular complexity index is 794. The number of aromatic nitrogens is 2. The molecule has 0 saturated carbocycles. The van der Waals surface area contributed by atoms with Gasteiger partial charge in [-0.15, -0.1) is 0 Å². The van der Waals surface area contributed by atoms with Crippen molar-refractivity contribution in [2.45, 2.75) is 26.3 Å². The summed E-state index contributed by atoms with van der Waals surface area (Å²) in [5.74, 6) is -0.0157. The number of benzene rings is 1. The van der Waals surface area contributed by atoms with E-state index >= 15 is 0 Å². The number of aromatic amines is 1. The Labute approximate surface area is 136 Å². The molecule has 118 valence electrons. The van der Waals surface area contributed by atoms with Crippen molar-refractivity contribution in [2.75, 3.05) is 0 Å². The van der Waals surface area contributed by atoms with Gasteiger partial charge in [0.1, 0.15) is 0 Å². The Kier molecular flexibility index (Phi) is 4.42. The first-order valence-electron chi connectivity index (χ1n) is 7.90. The first kappa shape index (κ1) is 15.3. The number of nitrogens with one attached hydrogen (secondary N) is 2. The summed E-state index contributed by atoms with van der Waals surface area (Å²) in [5, 5.41) is 4.27. The molecular weight excluding hydrogens is 286 g/mol. The largest absolute Gasteiger partial charge is 0.361 e. The van der Waals surface area contributed by atoms with Crippen LogP contribution in [0.2, 0.25) is 0 Å². The van der Waals surface area contributed by atoms with Crippen LogP contribution in [0.25, 0.3) is 10.9 Å². The highest BCUT2D eigenvalue weighted by Gasteiger charge is 2.18. The van der Waals surface area contributed by atoms with Gasteiger partial charge in [0.05, 0.1) is 6.04 Å². The van der Waals surface area contributed by atoms with E-state index < -0.39 is 0 Å². The second-order valence-corrected chi connectivity index (χ2v) is 5.98. The van der Waals surface area contributed by atoms with E-state index in [0.29, 0.717) is 0 Å². The van der Waals surface area contributed by atoms with E-state index in [1.807, 2.05) is 44.3 Å². The third-order valence-electron chi connectivity index (χ3n) is 4.21. The highest BCUT2D eigenvalue weighted by molar-refractivity contribution is 5.84. The summed E-state index contributed by atoms with van der Waals surface area (Å²) in [6.07, 6.45) is 6.21. The van der Waals surface area contributed by atoms with Gasteiger partial charge in [0.15, 0.2) is 0 Å². The maximum absolute atomic E-state index is 12.5. The number of para-hydroxylation sites is 1. The number of pyridine rings is 1. The number of amides is 1. The van der Waals surface area contributed by atoms with Crippen molar-refractivity contribution in [1.29, 1.82) is 0 Å². The van der Waals surface area contributed by atoms with Gasteiger partial charge >= 0.3 is 0 Å². The molecule has 23 heavy (non-hydrogen) atoms. The molecule has 3 rings (SSSR count). The van der Waals surface area contributed by atoms with E-state index in [-0.39, 0.29) is 17.9 Å². The van der Waals surface area contributed by atoms with Crippen LogP contribution < -0.4 is 5.32 Å². The molecule has 0 radical (unpaired) electrons. The Hall–Kier alpha value is -2.62. The highest BCUT2D eigenvalue weighted by Crippen LogP contribution is 2.21. The van der Waals surface area contributed by atoms with Crippen LogP contribution in [0.5, 0.6) is 0 Å². The van der Waals surface area contributed by atoms with Crippen molar-refractivity contribution in [3.8, 4) is 0 Å². The molecule has 0 aliphatic rings. The van der Waals surface area contributed by atoms with E-state index in [1.54, 1.807) is 12.4 Å². The van der Waals surface area contributed by atoms with Gasteiger partial charge < -0.3 is 10.3 Å². The Morgan fingerprint density at radius 2 is 1.91 bits per heavy atom. The summed E-state index contributed by atoms with van der Waals surface area (Å²) >= 11 is 0. The van der Waals surface area contributed by atoms with Crippen molar-refractivity contribution in [2.24, 2.45) is 5.92 Å². The molecule has 2 atom stereocenters. The lowest BCUT2D eigenvalue weighted by molar-refractivity contribution is -0.125. The van der Waals surface area contributed by atoms with Gasteiger partial charge in [-0.05, 0) is 42.7 Å².